The molecule has 1 heterocycles. The average Bonchev–Trinajstić information content (AvgIpc) is 2.86. The van der Waals surface area contributed by atoms with E-state index < -0.39 is 0 Å². The Labute approximate surface area is 119 Å². The van der Waals surface area contributed by atoms with Crippen LogP contribution in [0.15, 0.2) is 24.3 Å². The molecule has 1 N–H and O–H groups in total. The predicted molar refractivity (Wildman–Crippen MR) is 75.3 cm³/mol. The largest absolute Gasteiger partial charge is 0.491 e. The highest BCUT2D eigenvalue weighted by molar-refractivity contribution is 5.73. The molecule has 5 heteroatoms. The second-order valence-electron chi connectivity index (χ2n) is 4.94. The van der Waals surface area contributed by atoms with Gasteiger partial charge in [0.2, 0.25) is 5.91 Å². The van der Waals surface area contributed by atoms with Crippen LogP contribution < -0.4 is 10.1 Å². The van der Waals surface area contributed by atoms with Crippen molar-refractivity contribution in [2.24, 2.45) is 0 Å². The summed E-state index contributed by atoms with van der Waals surface area (Å²) in [4.78, 5) is 13.3. The van der Waals surface area contributed by atoms with Crippen LogP contribution in [0.5, 0.6) is 5.75 Å². The van der Waals surface area contributed by atoms with Crippen LogP contribution in [0.1, 0.15) is 18.9 Å². The first-order chi connectivity index (χ1) is 9.69. The van der Waals surface area contributed by atoms with E-state index in [1.165, 1.54) is 0 Å². The Bertz CT molecular complexity index is 510. The maximum absolute atomic E-state index is 11.0. The molecule has 0 aliphatic carbocycles. The van der Waals surface area contributed by atoms with Crippen molar-refractivity contribution in [1.82, 2.24) is 10.2 Å². The van der Waals surface area contributed by atoms with Crippen LogP contribution in [0.2, 0.25) is 0 Å². The fourth-order valence-electron chi connectivity index (χ4n) is 2.41. The Hall–Kier alpha value is -2.06. The minimum Gasteiger partial charge on any atom is -0.491 e. The van der Waals surface area contributed by atoms with Gasteiger partial charge < -0.3 is 10.1 Å². The number of ether oxygens (including phenoxy) is 1. The first-order valence-corrected chi connectivity index (χ1v) is 6.80. The molecule has 0 aromatic heterocycles. The van der Waals surface area contributed by atoms with Crippen molar-refractivity contribution in [2.45, 2.75) is 19.4 Å². The zero-order chi connectivity index (χ0) is 14.4. The van der Waals surface area contributed by atoms with E-state index in [4.69, 9.17) is 10.00 Å². The van der Waals surface area contributed by atoms with E-state index in [0.29, 0.717) is 17.9 Å². The summed E-state index contributed by atoms with van der Waals surface area (Å²) in [6.45, 7) is 4.73. The molecule has 1 aliphatic heterocycles. The maximum Gasteiger partial charge on any atom is 0.217 e. The molecule has 1 unspecified atom stereocenters. The Morgan fingerprint density at radius 2 is 2.35 bits per heavy atom. The molecular weight excluding hydrogens is 254 g/mol. The zero-order valence-electron chi connectivity index (χ0n) is 11.6. The molecule has 1 aromatic carbocycles. The van der Waals surface area contributed by atoms with Gasteiger partial charge in [-0.05, 0) is 18.6 Å². The van der Waals surface area contributed by atoms with Gasteiger partial charge in [-0.2, -0.15) is 5.26 Å². The average molecular weight is 273 g/mol. The summed E-state index contributed by atoms with van der Waals surface area (Å²) in [5.74, 6) is 0.656. The third kappa shape index (κ3) is 3.97. The molecule has 0 bridgehead atoms. The topological polar surface area (TPSA) is 65.4 Å². The number of carbonyl (C=O) groups excluding carboxylic acids is 1. The Balaban J connectivity index is 1.74. The van der Waals surface area contributed by atoms with Gasteiger partial charge in [0.05, 0.1) is 5.56 Å². The minimum atomic E-state index is 0.0241. The quantitative estimate of drug-likeness (QED) is 0.874. The van der Waals surface area contributed by atoms with Crippen molar-refractivity contribution in [1.29, 1.82) is 5.26 Å². The molecule has 1 saturated heterocycles. The number of nitrogens with zero attached hydrogens (tertiary/aromatic N) is 2. The molecule has 0 radical (unpaired) electrons. The van der Waals surface area contributed by atoms with Crippen LogP contribution in [0, 0.1) is 11.3 Å². The fraction of sp³-hybridized carbons (Fsp3) is 0.467. The van der Waals surface area contributed by atoms with E-state index >= 15 is 0 Å². The number of carbonyl (C=O) groups is 1. The van der Waals surface area contributed by atoms with Crippen molar-refractivity contribution in [3.63, 3.8) is 0 Å². The number of amides is 1. The zero-order valence-corrected chi connectivity index (χ0v) is 11.6. The number of benzene rings is 1. The lowest BCUT2D eigenvalue weighted by atomic mass is 10.2. The number of hydrogen-bond acceptors (Lipinski definition) is 4. The summed E-state index contributed by atoms with van der Waals surface area (Å²) in [6.07, 6.45) is 0.981. The molecule has 2 rings (SSSR count). The highest BCUT2D eigenvalue weighted by Gasteiger charge is 2.22. The summed E-state index contributed by atoms with van der Waals surface area (Å²) in [6, 6.07) is 9.61. The SMILES string of the molecule is CC(=O)NC1CCN(CCOc2ccccc2C#N)C1. The first kappa shape index (κ1) is 14.4. The summed E-state index contributed by atoms with van der Waals surface area (Å²) in [7, 11) is 0. The van der Waals surface area contributed by atoms with Crippen molar-refractivity contribution in [3.05, 3.63) is 29.8 Å². The number of para-hydroxylation sites is 1. The van der Waals surface area contributed by atoms with E-state index in [0.717, 1.165) is 26.1 Å². The van der Waals surface area contributed by atoms with Gasteiger partial charge in [-0.1, -0.05) is 12.1 Å². The molecule has 1 aliphatic rings. The lowest BCUT2D eigenvalue weighted by Crippen LogP contribution is -2.36. The highest BCUT2D eigenvalue weighted by Crippen LogP contribution is 2.16. The van der Waals surface area contributed by atoms with E-state index in [1.54, 1.807) is 13.0 Å². The standard InChI is InChI=1S/C15H19N3O2/c1-12(19)17-14-6-7-18(11-14)8-9-20-15-5-3-2-4-13(15)10-16/h2-5,14H,6-9,11H2,1H3,(H,17,19). The molecule has 5 nitrogen and oxygen atoms in total. The van der Waals surface area contributed by atoms with Crippen LogP contribution >= 0.6 is 0 Å². The Morgan fingerprint density at radius 1 is 1.55 bits per heavy atom. The van der Waals surface area contributed by atoms with E-state index in [1.807, 2.05) is 18.2 Å². The Morgan fingerprint density at radius 3 is 3.10 bits per heavy atom. The lowest BCUT2D eigenvalue weighted by Gasteiger charge is -2.16. The van der Waals surface area contributed by atoms with Gasteiger partial charge in [-0.3, -0.25) is 9.69 Å². The molecule has 1 aromatic rings. The van der Waals surface area contributed by atoms with Gasteiger partial charge in [0.15, 0.2) is 0 Å². The van der Waals surface area contributed by atoms with Crippen molar-refractivity contribution in [3.8, 4) is 11.8 Å². The number of likely N-dealkylation sites (tertiary alicyclic amines) is 1. The second kappa shape index (κ2) is 6.92. The van der Waals surface area contributed by atoms with E-state index in [-0.39, 0.29) is 11.9 Å². The summed E-state index contributed by atoms with van der Waals surface area (Å²) in [5.41, 5.74) is 0.560. The normalized spacial score (nSPS) is 18.5. The summed E-state index contributed by atoms with van der Waals surface area (Å²) in [5, 5.41) is 11.9. The van der Waals surface area contributed by atoms with E-state index in [9.17, 15) is 4.79 Å². The van der Waals surface area contributed by atoms with Crippen LogP contribution in [0.4, 0.5) is 0 Å². The van der Waals surface area contributed by atoms with Crippen molar-refractivity contribution >= 4 is 5.91 Å². The third-order valence-electron chi connectivity index (χ3n) is 3.35. The van der Waals surface area contributed by atoms with Crippen molar-refractivity contribution in [2.75, 3.05) is 26.2 Å². The van der Waals surface area contributed by atoms with Gasteiger partial charge >= 0.3 is 0 Å². The van der Waals surface area contributed by atoms with Crippen LogP contribution in [0.3, 0.4) is 0 Å². The minimum absolute atomic E-state index is 0.0241. The number of rotatable bonds is 5. The predicted octanol–water partition coefficient (Wildman–Crippen LogP) is 1.15. The number of hydrogen-bond donors (Lipinski definition) is 1. The van der Waals surface area contributed by atoms with Gasteiger partial charge in [-0.25, -0.2) is 0 Å². The molecule has 0 spiro atoms. The second-order valence-corrected chi connectivity index (χ2v) is 4.94. The molecule has 0 saturated carbocycles. The third-order valence-corrected chi connectivity index (χ3v) is 3.35. The van der Waals surface area contributed by atoms with Gasteiger partial charge in [0.1, 0.15) is 18.4 Å². The molecule has 1 atom stereocenters. The summed E-state index contributed by atoms with van der Waals surface area (Å²) >= 11 is 0. The number of nitriles is 1. The van der Waals surface area contributed by atoms with Gasteiger partial charge in [-0.15, -0.1) is 0 Å². The summed E-state index contributed by atoms with van der Waals surface area (Å²) < 4.78 is 5.65. The van der Waals surface area contributed by atoms with Gasteiger partial charge in [0.25, 0.3) is 0 Å². The van der Waals surface area contributed by atoms with Crippen molar-refractivity contribution < 1.29 is 9.53 Å². The Kier molecular flexibility index (Phi) is 4.97. The molecule has 1 amide bonds. The monoisotopic (exact) mass is 273 g/mol. The smallest absolute Gasteiger partial charge is 0.217 e. The first-order valence-electron chi connectivity index (χ1n) is 6.80. The molecule has 1 fully saturated rings. The fourth-order valence-corrected chi connectivity index (χ4v) is 2.41. The maximum atomic E-state index is 11.0. The number of nitrogens with one attached hydrogen (secondary N) is 1. The van der Waals surface area contributed by atoms with Crippen LogP contribution in [-0.2, 0) is 4.79 Å². The van der Waals surface area contributed by atoms with E-state index in [2.05, 4.69) is 16.3 Å². The molecular formula is C15H19N3O2. The molecule has 20 heavy (non-hydrogen) atoms. The van der Waals surface area contributed by atoms with Crippen LogP contribution in [-0.4, -0.2) is 43.1 Å². The van der Waals surface area contributed by atoms with Crippen LogP contribution in [0.25, 0.3) is 0 Å². The molecule has 106 valence electrons. The highest BCUT2D eigenvalue weighted by atomic mass is 16.5. The lowest BCUT2D eigenvalue weighted by molar-refractivity contribution is -0.119. The van der Waals surface area contributed by atoms with Gasteiger partial charge in [0, 0.05) is 32.6 Å².